The summed E-state index contributed by atoms with van der Waals surface area (Å²) in [5.41, 5.74) is 2.77. The molecule has 1 unspecified atom stereocenters. The minimum Gasteiger partial charge on any atom is -0.301 e. The van der Waals surface area contributed by atoms with E-state index in [1.165, 1.54) is 23.5 Å². The van der Waals surface area contributed by atoms with Crippen molar-refractivity contribution in [2.75, 3.05) is 25.0 Å². The second kappa shape index (κ2) is 8.58. The number of aromatic nitrogens is 2. The normalized spacial score (nSPS) is 17.4. The van der Waals surface area contributed by atoms with Gasteiger partial charge in [0.1, 0.15) is 5.82 Å². The molecular weight excluding hydrogens is 375 g/mol. The topological polar surface area (TPSA) is 58.1 Å². The summed E-state index contributed by atoms with van der Waals surface area (Å²) in [6.45, 7) is 2.05. The number of carbonyl (C=O) groups is 1. The van der Waals surface area contributed by atoms with Crippen LogP contribution in [0.15, 0.2) is 54.0 Å². The summed E-state index contributed by atoms with van der Waals surface area (Å²) in [6, 6.07) is 12.4. The third-order valence-electron chi connectivity index (χ3n) is 4.88. The van der Waals surface area contributed by atoms with Crippen molar-refractivity contribution < 1.29 is 9.18 Å². The summed E-state index contributed by atoms with van der Waals surface area (Å²) in [5, 5.41) is 5.31. The Hall–Kier alpha value is -2.64. The highest BCUT2D eigenvalue weighted by Gasteiger charge is 2.24. The Bertz CT molecular complexity index is 930. The summed E-state index contributed by atoms with van der Waals surface area (Å²) in [6.07, 6.45) is 3.75. The Morgan fingerprint density at radius 1 is 1.25 bits per heavy atom. The van der Waals surface area contributed by atoms with E-state index in [0.29, 0.717) is 11.7 Å². The third-order valence-corrected chi connectivity index (χ3v) is 5.57. The number of pyridine rings is 1. The minimum atomic E-state index is -0.251. The van der Waals surface area contributed by atoms with Gasteiger partial charge in [-0.2, -0.15) is 0 Å². The SMILES string of the molecule is O=C(CN1CCCC(c2cccc(-c3ccc(F)cc3)n2)C1)Nc1nccs1. The lowest BCUT2D eigenvalue weighted by Crippen LogP contribution is -2.40. The van der Waals surface area contributed by atoms with E-state index in [1.807, 2.05) is 23.6 Å². The first kappa shape index (κ1) is 18.7. The van der Waals surface area contributed by atoms with Crippen LogP contribution < -0.4 is 5.32 Å². The number of rotatable bonds is 5. The van der Waals surface area contributed by atoms with Gasteiger partial charge in [-0.25, -0.2) is 9.37 Å². The Morgan fingerprint density at radius 2 is 2.11 bits per heavy atom. The summed E-state index contributed by atoms with van der Waals surface area (Å²) >= 11 is 1.42. The molecule has 2 aromatic heterocycles. The molecule has 1 aliphatic heterocycles. The van der Waals surface area contributed by atoms with Crippen LogP contribution in [0, 0.1) is 5.82 Å². The lowest BCUT2D eigenvalue weighted by molar-refractivity contribution is -0.117. The molecule has 5 nitrogen and oxygen atoms in total. The number of hydrogen-bond acceptors (Lipinski definition) is 5. The van der Waals surface area contributed by atoms with E-state index >= 15 is 0 Å². The monoisotopic (exact) mass is 396 g/mol. The van der Waals surface area contributed by atoms with E-state index in [4.69, 9.17) is 4.98 Å². The molecule has 3 heterocycles. The molecule has 7 heteroatoms. The number of amides is 1. The van der Waals surface area contributed by atoms with Crippen molar-refractivity contribution in [3.05, 3.63) is 65.6 Å². The quantitative estimate of drug-likeness (QED) is 0.703. The van der Waals surface area contributed by atoms with Gasteiger partial charge in [0.05, 0.1) is 12.2 Å². The van der Waals surface area contributed by atoms with Crippen LogP contribution in [-0.4, -0.2) is 40.4 Å². The van der Waals surface area contributed by atoms with Crippen molar-refractivity contribution in [1.29, 1.82) is 0 Å². The summed E-state index contributed by atoms with van der Waals surface area (Å²) in [4.78, 5) is 23.3. The van der Waals surface area contributed by atoms with Crippen LogP contribution in [0.4, 0.5) is 9.52 Å². The van der Waals surface area contributed by atoms with Crippen LogP contribution in [0.25, 0.3) is 11.3 Å². The molecule has 0 saturated carbocycles. The van der Waals surface area contributed by atoms with Gasteiger partial charge < -0.3 is 5.32 Å². The van der Waals surface area contributed by atoms with E-state index in [-0.39, 0.29) is 17.6 Å². The van der Waals surface area contributed by atoms with Crippen LogP contribution >= 0.6 is 11.3 Å². The number of halogens is 1. The number of hydrogen-bond donors (Lipinski definition) is 1. The molecular formula is C21H21FN4OS. The van der Waals surface area contributed by atoms with Gasteiger partial charge in [-0.1, -0.05) is 6.07 Å². The first-order chi connectivity index (χ1) is 13.7. The van der Waals surface area contributed by atoms with Gasteiger partial charge in [0.2, 0.25) is 5.91 Å². The van der Waals surface area contributed by atoms with E-state index in [9.17, 15) is 9.18 Å². The highest BCUT2D eigenvalue weighted by Crippen LogP contribution is 2.27. The minimum absolute atomic E-state index is 0.0383. The zero-order valence-corrected chi connectivity index (χ0v) is 16.2. The predicted octanol–water partition coefficient (Wildman–Crippen LogP) is 4.16. The van der Waals surface area contributed by atoms with Gasteiger partial charge in [-0.3, -0.25) is 14.7 Å². The molecule has 1 fully saturated rings. The number of nitrogens with zero attached hydrogens (tertiary/aromatic N) is 3. The van der Waals surface area contributed by atoms with E-state index in [0.717, 1.165) is 42.9 Å². The van der Waals surface area contributed by atoms with Crippen LogP contribution in [0.1, 0.15) is 24.5 Å². The third kappa shape index (κ3) is 4.61. The van der Waals surface area contributed by atoms with E-state index in [1.54, 1.807) is 18.3 Å². The predicted molar refractivity (Wildman–Crippen MR) is 109 cm³/mol. The molecule has 0 aliphatic carbocycles. The molecule has 1 amide bonds. The van der Waals surface area contributed by atoms with Crippen molar-refractivity contribution in [2.45, 2.75) is 18.8 Å². The molecule has 1 atom stereocenters. The smallest absolute Gasteiger partial charge is 0.240 e. The van der Waals surface area contributed by atoms with Gasteiger partial charge in [0, 0.05) is 35.3 Å². The Balaban J connectivity index is 1.42. The molecule has 1 N–H and O–H groups in total. The van der Waals surface area contributed by atoms with Crippen molar-refractivity contribution in [3.8, 4) is 11.3 Å². The fraction of sp³-hybridized carbons (Fsp3) is 0.286. The largest absolute Gasteiger partial charge is 0.301 e. The van der Waals surface area contributed by atoms with E-state index < -0.39 is 0 Å². The maximum absolute atomic E-state index is 13.2. The molecule has 4 rings (SSSR count). The molecule has 144 valence electrons. The molecule has 1 saturated heterocycles. The van der Waals surface area contributed by atoms with Gasteiger partial charge >= 0.3 is 0 Å². The summed E-state index contributed by atoms with van der Waals surface area (Å²) in [7, 11) is 0. The average Bonchev–Trinajstić information content (AvgIpc) is 3.22. The molecule has 0 bridgehead atoms. The van der Waals surface area contributed by atoms with Gasteiger partial charge in [0.15, 0.2) is 5.13 Å². The molecule has 0 radical (unpaired) electrons. The fourth-order valence-corrected chi connectivity index (χ4v) is 4.09. The molecule has 28 heavy (non-hydrogen) atoms. The number of piperidine rings is 1. The zero-order chi connectivity index (χ0) is 19.3. The lowest BCUT2D eigenvalue weighted by Gasteiger charge is -2.32. The van der Waals surface area contributed by atoms with Crippen molar-refractivity contribution >= 4 is 22.4 Å². The van der Waals surface area contributed by atoms with Gasteiger partial charge in [-0.15, -0.1) is 11.3 Å². The Labute approximate surface area is 167 Å². The number of carbonyl (C=O) groups excluding carboxylic acids is 1. The number of likely N-dealkylation sites (tertiary alicyclic amines) is 1. The lowest BCUT2D eigenvalue weighted by atomic mass is 9.94. The second-order valence-corrected chi connectivity index (χ2v) is 7.81. The molecule has 3 aromatic rings. The number of benzene rings is 1. The number of anilines is 1. The highest BCUT2D eigenvalue weighted by atomic mass is 32.1. The average molecular weight is 396 g/mol. The molecule has 1 aromatic carbocycles. The van der Waals surface area contributed by atoms with Crippen LogP contribution in [0.2, 0.25) is 0 Å². The van der Waals surface area contributed by atoms with Crippen molar-refractivity contribution in [2.24, 2.45) is 0 Å². The first-order valence-electron chi connectivity index (χ1n) is 9.32. The Kier molecular flexibility index (Phi) is 5.73. The molecule has 1 aliphatic rings. The number of thiazole rings is 1. The van der Waals surface area contributed by atoms with Crippen LogP contribution in [0.3, 0.4) is 0 Å². The first-order valence-corrected chi connectivity index (χ1v) is 10.2. The van der Waals surface area contributed by atoms with Crippen LogP contribution in [0.5, 0.6) is 0 Å². The maximum Gasteiger partial charge on any atom is 0.240 e. The summed E-state index contributed by atoms with van der Waals surface area (Å²) < 4.78 is 13.2. The fourth-order valence-electron chi connectivity index (χ4n) is 3.55. The standard InChI is InChI=1S/C21H21FN4OS/c22-17-8-6-15(7-9-17)18-4-1-5-19(24-18)16-3-2-11-26(13-16)14-20(27)25-21-23-10-12-28-21/h1,4-10,12,16H,2-3,11,13-14H2,(H,23,25,27). The van der Waals surface area contributed by atoms with Crippen molar-refractivity contribution in [3.63, 3.8) is 0 Å². The summed E-state index contributed by atoms with van der Waals surface area (Å²) in [5.74, 6) is -0.00992. The van der Waals surface area contributed by atoms with Gasteiger partial charge in [0.25, 0.3) is 0 Å². The van der Waals surface area contributed by atoms with Crippen LogP contribution in [-0.2, 0) is 4.79 Å². The number of nitrogens with one attached hydrogen (secondary N) is 1. The zero-order valence-electron chi connectivity index (χ0n) is 15.3. The Morgan fingerprint density at radius 3 is 2.89 bits per heavy atom. The second-order valence-electron chi connectivity index (χ2n) is 6.91. The highest BCUT2D eigenvalue weighted by molar-refractivity contribution is 7.13. The van der Waals surface area contributed by atoms with Crippen molar-refractivity contribution in [1.82, 2.24) is 14.9 Å². The van der Waals surface area contributed by atoms with Gasteiger partial charge in [-0.05, 0) is 55.8 Å². The van der Waals surface area contributed by atoms with E-state index in [2.05, 4.69) is 15.2 Å². The maximum atomic E-state index is 13.2. The molecule has 0 spiro atoms.